The highest BCUT2D eigenvalue weighted by atomic mass is 32.2. The van der Waals surface area contributed by atoms with Crippen molar-refractivity contribution in [1.82, 2.24) is 5.32 Å². The van der Waals surface area contributed by atoms with Crippen molar-refractivity contribution in [2.75, 3.05) is 11.3 Å². The second-order valence-electron chi connectivity index (χ2n) is 5.93. The molecule has 1 aliphatic heterocycles. The van der Waals surface area contributed by atoms with E-state index in [1.54, 1.807) is 12.1 Å². The summed E-state index contributed by atoms with van der Waals surface area (Å²) < 4.78 is 33.3. The Kier molecular flexibility index (Phi) is 3.82. The summed E-state index contributed by atoms with van der Waals surface area (Å²) in [6.07, 6.45) is 0.775. The van der Waals surface area contributed by atoms with Crippen LogP contribution in [0.1, 0.15) is 11.1 Å². The third-order valence-electron chi connectivity index (χ3n) is 4.29. The maximum Gasteiger partial charge on any atom is 0.336 e. The fraction of sp³-hybridized carbons (Fsp3) is 0.167. The Hall–Kier alpha value is -2.64. The van der Waals surface area contributed by atoms with Gasteiger partial charge in [-0.25, -0.2) is 13.2 Å². The van der Waals surface area contributed by atoms with Crippen molar-refractivity contribution in [3.63, 3.8) is 0 Å². The Morgan fingerprint density at radius 1 is 1.08 bits per heavy atom. The molecule has 0 spiro atoms. The van der Waals surface area contributed by atoms with E-state index in [4.69, 9.17) is 4.42 Å². The summed E-state index contributed by atoms with van der Waals surface area (Å²) in [7, 11) is -3.74. The van der Waals surface area contributed by atoms with Crippen molar-refractivity contribution in [2.45, 2.75) is 17.9 Å². The summed E-state index contributed by atoms with van der Waals surface area (Å²) >= 11 is 0. The minimum absolute atomic E-state index is 0.125. The van der Waals surface area contributed by atoms with Crippen LogP contribution in [0.25, 0.3) is 11.0 Å². The van der Waals surface area contributed by atoms with E-state index >= 15 is 0 Å². The summed E-state index contributed by atoms with van der Waals surface area (Å²) in [6, 6.07) is 12.9. The number of rotatable bonds is 3. The van der Waals surface area contributed by atoms with Gasteiger partial charge in [0.15, 0.2) is 0 Å². The van der Waals surface area contributed by atoms with E-state index in [1.807, 2.05) is 12.1 Å². The lowest BCUT2D eigenvalue weighted by atomic mass is 9.99. The number of benzene rings is 2. The highest BCUT2D eigenvalue weighted by Gasteiger charge is 2.19. The molecule has 2 aromatic carbocycles. The number of sulfonamides is 1. The molecule has 25 heavy (non-hydrogen) atoms. The van der Waals surface area contributed by atoms with E-state index in [-0.39, 0.29) is 4.90 Å². The molecule has 0 saturated heterocycles. The van der Waals surface area contributed by atoms with Crippen LogP contribution in [0.5, 0.6) is 0 Å². The lowest BCUT2D eigenvalue weighted by molar-refractivity contribution is 0.560. The molecule has 1 aromatic heterocycles. The van der Waals surface area contributed by atoms with E-state index in [9.17, 15) is 13.2 Å². The fourth-order valence-corrected chi connectivity index (χ4v) is 4.18. The number of hydrogen-bond acceptors (Lipinski definition) is 5. The first kappa shape index (κ1) is 15.9. The van der Waals surface area contributed by atoms with Crippen molar-refractivity contribution >= 4 is 26.7 Å². The van der Waals surface area contributed by atoms with Crippen molar-refractivity contribution < 1.29 is 12.8 Å². The molecule has 2 N–H and O–H groups in total. The number of nitrogens with one attached hydrogen (secondary N) is 2. The zero-order valence-corrected chi connectivity index (χ0v) is 14.1. The van der Waals surface area contributed by atoms with Crippen LogP contribution in [-0.4, -0.2) is 15.0 Å². The van der Waals surface area contributed by atoms with E-state index in [1.165, 1.54) is 24.3 Å². The van der Waals surface area contributed by atoms with Crippen LogP contribution in [0.2, 0.25) is 0 Å². The predicted octanol–water partition coefficient (Wildman–Crippen LogP) is 2.24. The second-order valence-corrected chi connectivity index (χ2v) is 7.61. The molecule has 7 heteroatoms. The molecule has 4 rings (SSSR count). The Morgan fingerprint density at radius 2 is 1.96 bits per heavy atom. The summed E-state index contributed by atoms with van der Waals surface area (Å²) in [5, 5.41) is 3.83. The quantitative estimate of drug-likeness (QED) is 0.703. The Balaban J connectivity index is 1.73. The van der Waals surface area contributed by atoms with Crippen LogP contribution < -0.4 is 15.7 Å². The summed E-state index contributed by atoms with van der Waals surface area (Å²) in [5.74, 6) is 0. The highest BCUT2D eigenvalue weighted by Crippen LogP contribution is 2.26. The van der Waals surface area contributed by atoms with Crippen molar-refractivity contribution in [2.24, 2.45) is 0 Å². The molecule has 128 valence electrons. The molecule has 2 heterocycles. The summed E-state index contributed by atoms with van der Waals surface area (Å²) in [6.45, 7) is 1.56. The van der Waals surface area contributed by atoms with E-state index in [2.05, 4.69) is 10.0 Å². The minimum atomic E-state index is -3.74. The minimum Gasteiger partial charge on any atom is -0.423 e. The number of anilines is 1. The summed E-state index contributed by atoms with van der Waals surface area (Å²) in [4.78, 5) is 11.4. The molecule has 0 fully saturated rings. The molecule has 0 saturated carbocycles. The molecule has 0 bridgehead atoms. The first-order valence-corrected chi connectivity index (χ1v) is 9.39. The van der Waals surface area contributed by atoms with Gasteiger partial charge in [0.25, 0.3) is 10.0 Å². The molecule has 0 aliphatic carbocycles. The standard InChI is InChI=1S/C18H16N2O4S/c21-18-7-4-12-10-14(5-6-17(12)24-18)25(22,23)20-16-3-1-2-13-11-19-9-8-15(13)16/h1-7,10,19-20H,8-9,11H2. The molecule has 0 amide bonds. The zero-order valence-electron chi connectivity index (χ0n) is 13.3. The van der Waals surface area contributed by atoms with Crippen LogP contribution in [0.15, 0.2) is 62.6 Å². The van der Waals surface area contributed by atoms with Crippen LogP contribution in [0.4, 0.5) is 5.69 Å². The fourth-order valence-electron chi connectivity index (χ4n) is 3.05. The van der Waals surface area contributed by atoms with E-state index in [0.29, 0.717) is 16.7 Å². The van der Waals surface area contributed by atoms with E-state index in [0.717, 1.165) is 30.6 Å². The topological polar surface area (TPSA) is 88.4 Å². The van der Waals surface area contributed by atoms with Gasteiger partial charge >= 0.3 is 5.63 Å². The molecular formula is C18H16N2O4S. The van der Waals surface area contributed by atoms with Crippen molar-refractivity contribution in [3.8, 4) is 0 Å². The predicted molar refractivity (Wildman–Crippen MR) is 95.1 cm³/mol. The molecular weight excluding hydrogens is 340 g/mol. The molecule has 0 radical (unpaired) electrons. The monoisotopic (exact) mass is 356 g/mol. The van der Waals surface area contributed by atoms with E-state index < -0.39 is 15.6 Å². The second kappa shape index (κ2) is 6.02. The van der Waals surface area contributed by atoms with Gasteiger partial charge in [-0.2, -0.15) is 0 Å². The number of fused-ring (bicyclic) bond motifs is 2. The van der Waals surface area contributed by atoms with Gasteiger partial charge in [-0.3, -0.25) is 4.72 Å². The van der Waals surface area contributed by atoms with Gasteiger partial charge in [-0.1, -0.05) is 12.1 Å². The third kappa shape index (κ3) is 3.04. The van der Waals surface area contributed by atoms with Crippen LogP contribution >= 0.6 is 0 Å². The molecule has 6 nitrogen and oxygen atoms in total. The number of hydrogen-bond donors (Lipinski definition) is 2. The Labute approximate surface area is 144 Å². The van der Waals surface area contributed by atoms with Gasteiger partial charge in [0, 0.05) is 18.0 Å². The molecule has 1 aliphatic rings. The maximum atomic E-state index is 12.8. The van der Waals surface area contributed by atoms with Crippen LogP contribution in [0.3, 0.4) is 0 Å². The lowest BCUT2D eigenvalue weighted by Crippen LogP contribution is -2.25. The first-order valence-electron chi connectivity index (χ1n) is 7.91. The Morgan fingerprint density at radius 3 is 2.84 bits per heavy atom. The molecule has 3 aromatic rings. The Bertz CT molecular complexity index is 1120. The van der Waals surface area contributed by atoms with Gasteiger partial charge < -0.3 is 9.73 Å². The van der Waals surface area contributed by atoms with Gasteiger partial charge in [0.05, 0.1) is 10.6 Å². The SMILES string of the molecule is O=c1ccc2cc(S(=O)(=O)Nc3cccc4c3CCNC4)ccc2o1. The lowest BCUT2D eigenvalue weighted by Gasteiger charge is -2.21. The zero-order chi connectivity index (χ0) is 17.4. The smallest absolute Gasteiger partial charge is 0.336 e. The van der Waals surface area contributed by atoms with Crippen molar-refractivity contribution in [1.29, 1.82) is 0 Å². The van der Waals surface area contributed by atoms with Crippen LogP contribution in [0, 0.1) is 0 Å². The summed E-state index contributed by atoms with van der Waals surface area (Å²) in [5.41, 5.74) is 2.63. The highest BCUT2D eigenvalue weighted by molar-refractivity contribution is 7.92. The van der Waals surface area contributed by atoms with Crippen molar-refractivity contribution in [3.05, 3.63) is 70.1 Å². The average molecular weight is 356 g/mol. The maximum absolute atomic E-state index is 12.8. The average Bonchev–Trinajstić information content (AvgIpc) is 2.61. The van der Waals surface area contributed by atoms with Gasteiger partial charge in [0.2, 0.25) is 0 Å². The molecule has 0 unspecified atom stereocenters. The van der Waals surface area contributed by atoms with Crippen LogP contribution in [-0.2, 0) is 23.0 Å². The third-order valence-corrected chi connectivity index (χ3v) is 5.65. The molecule has 0 atom stereocenters. The van der Waals surface area contributed by atoms with Gasteiger partial charge in [-0.05, 0) is 54.4 Å². The van der Waals surface area contributed by atoms with Gasteiger partial charge in [-0.15, -0.1) is 0 Å². The van der Waals surface area contributed by atoms with Gasteiger partial charge in [0.1, 0.15) is 5.58 Å². The normalized spacial score (nSPS) is 14.2. The first-order chi connectivity index (χ1) is 12.0. The largest absolute Gasteiger partial charge is 0.423 e.